The molecule has 1 fully saturated rings. The van der Waals surface area contributed by atoms with Crippen LogP contribution in [0.25, 0.3) is 0 Å². The molecular weight excluding hydrogens is 266 g/mol. The lowest BCUT2D eigenvalue weighted by Gasteiger charge is -2.44. The van der Waals surface area contributed by atoms with Gasteiger partial charge in [-0.05, 0) is 26.0 Å². The molecule has 1 aliphatic rings. The van der Waals surface area contributed by atoms with Gasteiger partial charge in [-0.3, -0.25) is 9.59 Å². The number of nitrogens with zero attached hydrogens (tertiary/aromatic N) is 2. The van der Waals surface area contributed by atoms with Gasteiger partial charge in [0.05, 0.1) is 5.56 Å². The van der Waals surface area contributed by atoms with Gasteiger partial charge in [0, 0.05) is 20.1 Å². The summed E-state index contributed by atoms with van der Waals surface area (Å²) in [6.45, 7) is 3.84. The zero-order valence-electron chi connectivity index (χ0n) is 11.6. The van der Waals surface area contributed by atoms with Crippen LogP contribution in [0.3, 0.4) is 0 Å². The van der Waals surface area contributed by atoms with Crippen molar-refractivity contribution in [3.63, 3.8) is 0 Å². The zero-order valence-corrected chi connectivity index (χ0v) is 11.6. The van der Waals surface area contributed by atoms with E-state index in [1.807, 2.05) is 0 Å². The number of likely N-dealkylation sites (N-methyl/N-ethyl adjacent to an activating group) is 1. The molecule has 4 nitrogen and oxygen atoms in total. The van der Waals surface area contributed by atoms with E-state index >= 15 is 0 Å². The molecule has 0 aliphatic carbocycles. The van der Waals surface area contributed by atoms with Crippen LogP contribution in [-0.4, -0.2) is 47.3 Å². The number of hydrogen-bond donors (Lipinski definition) is 0. The highest BCUT2D eigenvalue weighted by atomic mass is 19.2. The molecule has 108 valence electrons. The number of hydrogen-bond acceptors (Lipinski definition) is 2. The number of piperazine rings is 1. The van der Waals surface area contributed by atoms with Crippen LogP contribution in [-0.2, 0) is 4.79 Å². The number of carbonyl (C=O) groups is 2. The van der Waals surface area contributed by atoms with Crippen molar-refractivity contribution in [1.82, 2.24) is 9.80 Å². The molecule has 1 heterocycles. The van der Waals surface area contributed by atoms with Crippen molar-refractivity contribution in [1.29, 1.82) is 0 Å². The van der Waals surface area contributed by atoms with Gasteiger partial charge in [0.2, 0.25) is 5.91 Å². The molecule has 2 rings (SSSR count). The molecule has 0 bridgehead atoms. The van der Waals surface area contributed by atoms with Gasteiger partial charge in [0.25, 0.3) is 5.91 Å². The first-order valence-electron chi connectivity index (χ1n) is 6.28. The molecular formula is C14H16F2N2O2. The normalized spacial score (nSPS) is 18.4. The van der Waals surface area contributed by atoms with E-state index in [4.69, 9.17) is 0 Å². The monoisotopic (exact) mass is 282 g/mol. The van der Waals surface area contributed by atoms with Crippen LogP contribution in [0.2, 0.25) is 0 Å². The van der Waals surface area contributed by atoms with E-state index in [1.165, 1.54) is 21.9 Å². The van der Waals surface area contributed by atoms with Gasteiger partial charge in [-0.1, -0.05) is 6.07 Å². The quantitative estimate of drug-likeness (QED) is 0.786. The molecule has 2 amide bonds. The highest BCUT2D eigenvalue weighted by molar-refractivity contribution is 5.99. The predicted octanol–water partition coefficient (Wildman–Crippen LogP) is 1.66. The molecule has 0 atom stereocenters. The molecule has 1 aromatic rings. The summed E-state index contributed by atoms with van der Waals surface area (Å²) in [5, 5.41) is 0. The molecule has 6 heteroatoms. The average molecular weight is 282 g/mol. The minimum Gasteiger partial charge on any atom is -0.342 e. The molecule has 1 aliphatic heterocycles. The van der Waals surface area contributed by atoms with E-state index in [2.05, 4.69) is 0 Å². The summed E-state index contributed by atoms with van der Waals surface area (Å²) in [5.41, 5.74) is -1.43. The second kappa shape index (κ2) is 4.85. The third kappa shape index (κ3) is 2.15. The molecule has 0 saturated carbocycles. The minimum absolute atomic E-state index is 0.228. The van der Waals surface area contributed by atoms with Crippen LogP contribution >= 0.6 is 0 Å². The maximum absolute atomic E-state index is 13.7. The smallest absolute Gasteiger partial charge is 0.257 e. The van der Waals surface area contributed by atoms with Gasteiger partial charge < -0.3 is 9.80 Å². The first-order valence-corrected chi connectivity index (χ1v) is 6.28. The Morgan fingerprint density at radius 1 is 1.25 bits per heavy atom. The van der Waals surface area contributed by atoms with Crippen LogP contribution in [0.15, 0.2) is 18.2 Å². The lowest BCUT2D eigenvalue weighted by Crippen LogP contribution is -2.63. The summed E-state index contributed by atoms with van der Waals surface area (Å²) in [7, 11) is 1.65. The Morgan fingerprint density at radius 2 is 1.90 bits per heavy atom. The standard InChI is InChI=1S/C14H16F2N2O2/c1-14(2)13(20)17(3)7-8-18(14)12(19)9-5-4-6-10(15)11(9)16/h4-6H,7-8H2,1-3H3. The van der Waals surface area contributed by atoms with Crippen LogP contribution in [0, 0.1) is 11.6 Å². The highest BCUT2D eigenvalue weighted by Gasteiger charge is 2.43. The third-order valence-corrected chi connectivity index (χ3v) is 3.63. The highest BCUT2D eigenvalue weighted by Crippen LogP contribution is 2.25. The summed E-state index contributed by atoms with van der Waals surface area (Å²) >= 11 is 0. The van der Waals surface area contributed by atoms with E-state index in [-0.39, 0.29) is 18.0 Å². The molecule has 20 heavy (non-hydrogen) atoms. The fourth-order valence-electron chi connectivity index (χ4n) is 2.38. The van der Waals surface area contributed by atoms with E-state index in [9.17, 15) is 18.4 Å². The first kappa shape index (κ1) is 14.4. The Kier molecular flexibility index (Phi) is 3.50. The number of amides is 2. The molecule has 0 spiro atoms. The maximum Gasteiger partial charge on any atom is 0.257 e. The van der Waals surface area contributed by atoms with Gasteiger partial charge >= 0.3 is 0 Å². The fourth-order valence-corrected chi connectivity index (χ4v) is 2.38. The van der Waals surface area contributed by atoms with Crippen molar-refractivity contribution in [2.24, 2.45) is 0 Å². The Bertz CT molecular complexity index is 572. The van der Waals surface area contributed by atoms with E-state index < -0.39 is 23.1 Å². The van der Waals surface area contributed by atoms with Crippen molar-refractivity contribution in [3.8, 4) is 0 Å². The number of rotatable bonds is 1. The first-order chi connectivity index (χ1) is 9.26. The predicted molar refractivity (Wildman–Crippen MR) is 69.1 cm³/mol. The van der Waals surface area contributed by atoms with Crippen LogP contribution in [0.5, 0.6) is 0 Å². The Hall–Kier alpha value is -1.98. The largest absolute Gasteiger partial charge is 0.342 e. The van der Waals surface area contributed by atoms with Crippen molar-refractivity contribution >= 4 is 11.8 Å². The lowest BCUT2D eigenvalue weighted by molar-refractivity contribution is -0.144. The van der Waals surface area contributed by atoms with Crippen LogP contribution < -0.4 is 0 Å². The van der Waals surface area contributed by atoms with Gasteiger partial charge in [-0.15, -0.1) is 0 Å². The minimum atomic E-state index is -1.18. The van der Waals surface area contributed by atoms with Gasteiger partial charge in [-0.25, -0.2) is 8.78 Å². The molecule has 1 aromatic carbocycles. The topological polar surface area (TPSA) is 40.6 Å². The van der Waals surface area contributed by atoms with Gasteiger partial charge in [0.1, 0.15) is 5.54 Å². The Balaban J connectivity index is 2.38. The van der Waals surface area contributed by atoms with Gasteiger partial charge in [0.15, 0.2) is 11.6 Å². The lowest BCUT2D eigenvalue weighted by atomic mass is 9.96. The maximum atomic E-state index is 13.7. The van der Waals surface area contributed by atoms with Crippen LogP contribution in [0.1, 0.15) is 24.2 Å². The van der Waals surface area contributed by atoms with Crippen molar-refractivity contribution in [3.05, 3.63) is 35.4 Å². The van der Waals surface area contributed by atoms with Crippen molar-refractivity contribution in [2.75, 3.05) is 20.1 Å². The summed E-state index contributed by atoms with van der Waals surface area (Å²) in [5.74, 6) is -3.16. The van der Waals surface area contributed by atoms with Crippen molar-refractivity contribution in [2.45, 2.75) is 19.4 Å². The van der Waals surface area contributed by atoms with Crippen molar-refractivity contribution < 1.29 is 18.4 Å². The summed E-state index contributed by atoms with van der Waals surface area (Å²) in [4.78, 5) is 27.3. The Morgan fingerprint density at radius 3 is 2.55 bits per heavy atom. The van der Waals surface area contributed by atoms with Crippen LogP contribution in [0.4, 0.5) is 8.78 Å². The number of benzene rings is 1. The number of carbonyl (C=O) groups excluding carboxylic acids is 2. The SMILES string of the molecule is CN1CCN(C(=O)c2cccc(F)c2F)C(C)(C)C1=O. The second-order valence-corrected chi connectivity index (χ2v) is 5.34. The zero-order chi connectivity index (χ0) is 15.1. The molecule has 0 N–H and O–H groups in total. The van der Waals surface area contributed by atoms with E-state index in [1.54, 1.807) is 20.9 Å². The second-order valence-electron chi connectivity index (χ2n) is 5.34. The molecule has 1 saturated heterocycles. The Labute approximate surface area is 116 Å². The van der Waals surface area contributed by atoms with E-state index in [0.29, 0.717) is 6.54 Å². The third-order valence-electron chi connectivity index (χ3n) is 3.63. The molecule has 0 radical (unpaired) electrons. The van der Waals surface area contributed by atoms with Gasteiger partial charge in [-0.2, -0.15) is 0 Å². The summed E-state index contributed by atoms with van der Waals surface area (Å²) < 4.78 is 26.9. The molecule has 0 unspecified atom stereocenters. The molecule has 0 aromatic heterocycles. The van der Waals surface area contributed by atoms with E-state index in [0.717, 1.165) is 6.07 Å². The summed E-state index contributed by atoms with van der Waals surface area (Å²) in [6, 6.07) is 3.45. The average Bonchev–Trinajstić information content (AvgIpc) is 2.39. The summed E-state index contributed by atoms with van der Waals surface area (Å²) in [6.07, 6.45) is 0. The fraction of sp³-hybridized carbons (Fsp3) is 0.429. The number of halogens is 2.